The van der Waals surface area contributed by atoms with Crippen molar-refractivity contribution in [1.82, 2.24) is 15.1 Å². The van der Waals surface area contributed by atoms with E-state index in [0.29, 0.717) is 30.4 Å². The molecule has 0 aliphatic carbocycles. The van der Waals surface area contributed by atoms with E-state index < -0.39 is 10.0 Å². The number of sulfonamides is 1. The summed E-state index contributed by atoms with van der Waals surface area (Å²) in [5, 5.41) is 3.01. The zero-order chi connectivity index (χ0) is 18.6. The van der Waals surface area contributed by atoms with Crippen molar-refractivity contribution in [1.29, 1.82) is 0 Å². The van der Waals surface area contributed by atoms with Gasteiger partial charge in [-0.2, -0.15) is 0 Å². The van der Waals surface area contributed by atoms with Gasteiger partial charge in [0.1, 0.15) is 5.84 Å². The summed E-state index contributed by atoms with van der Waals surface area (Å²) < 4.78 is 26.8. The molecule has 1 amide bonds. The molecule has 0 spiro atoms. The summed E-state index contributed by atoms with van der Waals surface area (Å²) >= 11 is 0. The molecule has 2 aliphatic heterocycles. The lowest BCUT2D eigenvalue weighted by Gasteiger charge is -2.33. The first kappa shape index (κ1) is 19.7. The van der Waals surface area contributed by atoms with Crippen LogP contribution in [0.2, 0.25) is 0 Å². The van der Waals surface area contributed by atoms with Crippen LogP contribution in [0.4, 0.5) is 0 Å². The second kappa shape index (κ2) is 8.14. The lowest BCUT2D eigenvalue weighted by Crippen LogP contribution is -2.47. The average Bonchev–Trinajstić information content (AvgIpc) is 2.56. The van der Waals surface area contributed by atoms with Gasteiger partial charge >= 0.3 is 0 Å². The summed E-state index contributed by atoms with van der Waals surface area (Å²) in [6.07, 6.45) is 4.87. The number of hydrogen-bond acceptors (Lipinski definition) is 5. The lowest BCUT2D eigenvalue weighted by atomic mass is 10.0. The van der Waals surface area contributed by atoms with E-state index in [1.807, 2.05) is 0 Å². The van der Waals surface area contributed by atoms with Gasteiger partial charge in [-0.05, 0) is 31.2 Å². The Kier molecular flexibility index (Phi) is 6.40. The van der Waals surface area contributed by atoms with E-state index in [9.17, 15) is 13.2 Å². The van der Waals surface area contributed by atoms with Crippen molar-refractivity contribution in [2.75, 3.05) is 31.9 Å². The second-order valence-electron chi connectivity index (χ2n) is 6.59. The highest BCUT2D eigenvalue weighted by molar-refractivity contribution is 7.90. The van der Waals surface area contributed by atoms with Crippen molar-refractivity contribution in [2.24, 2.45) is 10.3 Å². The first-order chi connectivity index (χ1) is 11.8. The van der Waals surface area contributed by atoms with Crippen LogP contribution in [0.1, 0.15) is 27.7 Å². The monoisotopic (exact) mass is 368 g/mol. The zero-order valence-electron chi connectivity index (χ0n) is 15.4. The zero-order valence-corrected chi connectivity index (χ0v) is 16.2. The van der Waals surface area contributed by atoms with Crippen LogP contribution < -0.4 is 5.32 Å². The van der Waals surface area contributed by atoms with Gasteiger partial charge in [0.05, 0.1) is 11.3 Å². The SMILES string of the molecule is CCN(CC)C(CNC(=O)C1=CN2CCS(=O)(=O)N=C2C=C1)C(C)C. The van der Waals surface area contributed by atoms with E-state index in [4.69, 9.17) is 0 Å². The van der Waals surface area contributed by atoms with Crippen LogP contribution in [-0.4, -0.2) is 67.9 Å². The van der Waals surface area contributed by atoms with Crippen molar-refractivity contribution in [3.05, 3.63) is 23.9 Å². The van der Waals surface area contributed by atoms with Crippen molar-refractivity contribution in [2.45, 2.75) is 33.7 Å². The molecule has 0 radical (unpaired) electrons. The summed E-state index contributed by atoms with van der Waals surface area (Å²) in [6.45, 7) is 11.4. The molecular formula is C17H28N4O3S. The molecule has 25 heavy (non-hydrogen) atoms. The number of amidine groups is 1. The van der Waals surface area contributed by atoms with Crippen LogP contribution in [0.5, 0.6) is 0 Å². The van der Waals surface area contributed by atoms with Gasteiger partial charge in [0.15, 0.2) is 0 Å². The molecule has 0 aromatic rings. The highest BCUT2D eigenvalue weighted by Crippen LogP contribution is 2.16. The molecule has 8 heteroatoms. The standard InChI is InChI=1S/C17H28N4O3S/c1-5-20(6-2)15(13(3)4)11-18-17(22)14-7-8-16-19-25(23,24)10-9-21(16)12-14/h7-8,12-13,15H,5-6,9-11H2,1-4H3,(H,18,22). The minimum absolute atomic E-state index is 0.0346. The molecule has 0 saturated carbocycles. The fourth-order valence-electron chi connectivity index (χ4n) is 3.11. The minimum Gasteiger partial charge on any atom is -0.350 e. The van der Waals surface area contributed by atoms with Crippen LogP contribution in [0.25, 0.3) is 0 Å². The fourth-order valence-corrected chi connectivity index (χ4v) is 4.08. The van der Waals surface area contributed by atoms with Crippen molar-refractivity contribution >= 4 is 21.8 Å². The fraction of sp³-hybridized carbons (Fsp3) is 0.647. The third kappa shape index (κ3) is 4.92. The molecular weight excluding hydrogens is 340 g/mol. The van der Waals surface area contributed by atoms with Gasteiger partial charge in [0, 0.05) is 25.3 Å². The molecule has 2 rings (SSSR count). The summed E-state index contributed by atoms with van der Waals surface area (Å²) in [6, 6.07) is 0.282. The summed E-state index contributed by atoms with van der Waals surface area (Å²) in [7, 11) is -3.38. The van der Waals surface area contributed by atoms with E-state index in [2.05, 4.69) is 42.3 Å². The molecule has 0 aromatic carbocycles. The number of nitrogens with one attached hydrogen (secondary N) is 1. The smallest absolute Gasteiger partial charge is 0.256 e. The lowest BCUT2D eigenvalue weighted by molar-refractivity contribution is -0.117. The summed E-state index contributed by atoms with van der Waals surface area (Å²) in [5.74, 6) is 0.613. The number of fused-ring (bicyclic) bond motifs is 1. The van der Waals surface area contributed by atoms with Gasteiger partial charge in [-0.3, -0.25) is 9.69 Å². The van der Waals surface area contributed by atoms with Gasteiger partial charge in [-0.25, -0.2) is 8.42 Å². The van der Waals surface area contributed by atoms with E-state index in [1.165, 1.54) is 0 Å². The number of rotatable bonds is 7. The second-order valence-corrected chi connectivity index (χ2v) is 8.34. The van der Waals surface area contributed by atoms with Crippen LogP contribution in [0.3, 0.4) is 0 Å². The van der Waals surface area contributed by atoms with Gasteiger partial charge in [-0.15, -0.1) is 4.40 Å². The summed E-state index contributed by atoms with van der Waals surface area (Å²) in [4.78, 5) is 16.5. The Labute approximate surface area is 150 Å². The number of carbonyl (C=O) groups is 1. The molecule has 1 N–H and O–H groups in total. The van der Waals surface area contributed by atoms with E-state index >= 15 is 0 Å². The van der Waals surface area contributed by atoms with E-state index in [0.717, 1.165) is 13.1 Å². The van der Waals surface area contributed by atoms with Crippen molar-refractivity contribution < 1.29 is 13.2 Å². The third-order valence-electron chi connectivity index (χ3n) is 4.61. The number of carbonyl (C=O) groups excluding carboxylic acids is 1. The molecule has 1 unspecified atom stereocenters. The normalized spacial score (nSPS) is 20.2. The maximum atomic E-state index is 12.5. The largest absolute Gasteiger partial charge is 0.350 e. The maximum absolute atomic E-state index is 12.5. The van der Waals surface area contributed by atoms with E-state index in [-0.39, 0.29) is 17.7 Å². The number of likely N-dealkylation sites (N-methyl/N-ethyl adjacent to an activating group) is 1. The molecule has 2 heterocycles. The first-order valence-electron chi connectivity index (χ1n) is 8.78. The Morgan fingerprint density at radius 1 is 1.32 bits per heavy atom. The van der Waals surface area contributed by atoms with Gasteiger partial charge < -0.3 is 10.2 Å². The third-order valence-corrected chi connectivity index (χ3v) is 5.77. The molecule has 0 aromatic heterocycles. The Balaban J connectivity index is 2.02. The molecule has 140 valence electrons. The van der Waals surface area contributed by atoms with Crippen LogP contribution >= 0.6 is 0 Å². The molecule has 1 atom stereocenters. The van der Waals surface area contributed by atoms with Crippen molar-refractivity contribution in [3.8, 4) is 0 Å². The first-order valence-corrected chi connectivity index (χ1v) is 10.4. The quantitative estimate of drug-likeness (QED) is 0.724. The van der Waals surface area contributed by atoms with Gasteiger partial charge in [0.2, 0.25) is 0 Å². The molecule has 0 fully saturated rings. The van der Waals surface area contributed by atoms with E-state index in [1.54, 1.807) is 23.3 Å². The molecule has 0 saturated heterocycles. The van der Waals surface area contributed by atoms with Crippen LogP contribution in [-0.2, 0) is 14.8 Å². The Bertz CT molecular complexity index is 691. The number of nitrogens with zero attached hydrogens (tertiary/aromatic N) is 3. The van der Waals surface area contributed by atoms with Crippen LogP contribution in [0.15, 0.2) is 28.3 Å². The Morgan fingerprint density at radius 3 is 2.60 bits per heavy atom. The minimum atomic E-state index is -3.38. The molecule has 7 nitrogen and oxygen atoms in total. The van der Waals surface area contributed by atoms with Crippen LogP contribution in [0, 0.1) is 5.92 Å². The highest BCUT2D eigenvalue weighted by Gasteiger charge is 2.26. The summed E-state index contributed by atoms with van der Waals surface area (Å²) in [5.41, 5.74) is 0.514. The van der Waals surface area contributed by atoms with Gasteiger partial charge in [0.25, 0.3) is 15.9 Å². The number of hydrogen-bond donors (Lipinski definition) is 1. The predicted molar refractivity (Wildman–Crippen MR) is 99.7 cm³/mol. The number of amides is 1. The molecule has 0 bridgehead atoms. The highest BCUT2D eigenvalue weighted by atomic mass is 32.2. The maximum Gasteiger partial charge on any atom is 0.256 e. The Morgan fingerprint density at radius 2 is 2.00 bits per heavy atom. The predicted octanol–water partition coefficient (Wildman–Crippen LogP) is 0.967. The van der Waals surface area contributed by atoms with Crippen molar-refractivity contribution in [3.63, 3.8) is 0 Å². The topological polar surface area (TPSA) is 82.1 Å². The Hall–Kier alpha value is -1.67. The van der Waals surface area contributed by atoms with Gasteiger partial charge in [-0.1, -0.05) is 27.7 Å². The molecule has 2 aliphatic rings. The average molecular weight is 369 g/mol.